The Bertz CT molecular complexity index is 1820. The number of ether oxygens (including phenoxy) is 2. The van der Waals surface area contributed by atoms with Gasteiger partial charge in [-0.1, -0.05) is 48.0 Å². The summed E-state index contributed by atoms with van der Waals surface area (Å²) in [6.07, 6.45) is 0.465. The van der Waals surface area contributed by atoms with Gasteiger partial charge in [0.2, 0.25) is 31.9 Å². The number of benzene rings is 3. The summed E-state index contributed by atoms with van der Waals surface area (Å²) in [6, 6.07) is 15.0. The molecule has 0 aliphatic carbocycles. The Morgan fingerprint density at radius 3 is 2.48 bits per heavy atom. The molecule has 1 heterocycles. The number of phenolic OH excluding ortho intramolecular Hbond substituents is 1. The van der Waals surface area contributed by atoms with Crippen LogP contribution in [0.5, 0.6) is 11.5 Å². The molecule has 3 aromatic rings. The molecule has 1 aliphatic heterocycles. The van der Waals surface area contributed by atoms with Crippen LogP contribution < -0.4 is 19.5 Å². The minimum Gasteiger partial charge on any atom is -0.507 e. The number of carbonyl (C=O) groups excluding carboxylic acids is 3. The summed E-state index contributed by atoms with van der Waals surface area (Å²) in [4.78, 5) is 36.9. The number of esters is 1. The minimum absolute atomic E-state index is 0.0415. The predicted octanol–water partition coefficient (Wildman–Crippen LogP) is 2.59. The fraction of sp³-hybridized carbons (Fsp3) is 0.300. The quantitative estimate of drug-likeness (QED) is 0.144. The van der Waals surface area contributed by atoms with E-state index in [9.17, 15) is 36.3 Å². The van der Waals surface area contributed by atoms with Gasteiger partial charge in [-0.05, 0) is 60.7 Å². The molecule has 2 unspecified atom stereocenters. The molecule has 13 nitrogen and oxygen atoms in total. The standard InChI is InChI=1S/C30H32ClN3O10S2/c1-43-30(38)28-24(35)10-7-11-25(28)44-15-6-5-14-32-29(37)23(33-45(39,40)20-8-3-2-4-9-20)17-19-12-13-21(22(31)16-19)26-18-27(36)34-46(26,41)42/h2-4,7-13,16,23,26,33,35H,5-6,14-15,17-18H2,1H3,(H,32,37)(H,34,36). The second-order valence-corrected chi connectivity index (χ2v) is 14.3. The van der Waals surface area contributed by atoms with E-state index in [1.54, 1.807) is 18.2 Å². The zero-order valence-corrected chi connectivity index (χ0v) is 27.0. The molecule has 246 valence electrons. The van der Waals surface area contributed by atoms with E-state index in [0.717, 1.165) is 0 Å². The van der Waals surface area contributed by atoms with Crippen LogP contribution in [0.4, 0.5) is 0 Å². The van der Waals surface area contributed by atoms with Crippen molar-refractivity contribution in [1.82, 2.24) is 14.8 Å². The van der Waals surface area contributed by atoms with E-state index < -0.39 is 49.1 Å². The molecule has 16 heteroatoms. The van der Waals surface area contributed by atoms with Crippen molar-refractivity contribution in [2.45, 2.75) is 41.9 Å². The van der Waals surface area contributed by atoms with E-state index in [-0.39, 0.29) is 58.5 Å². The lowest BCUT2D eigenvalue weighted by Crippen LogP contribution is -2.48. The van der Waals surface area contributed by atoms with Crippen molar-refractivity contribution in [2.24, 2.45) is 0 Å². The molecule has 1 aliphatic rings. The van der Waals surface area contributed by atoms with Gasteiger partial charge in [-0.15, -0.1) is 0 Å². The van der Waals surface area contributed by atoms with Gasteiger partial charge in [-0.25, -0.2) is 21.6 Å². The second-order valence-electron chi connectivity index (χ2n) is 10.3. The van der Waals surface area contributed by atoms with E-state index in [1.807, 2.05) is 4.72 Å². The molecule has 4 rings (SSSR count). The van der Waals surface area contributed by atoms with E-state index in [0.29, 0.717) is 18.4 Å². The van der Waals surface area contributed by atoms with Crippen LogP contribution in [0.15, 0.2) is 71.6 Å². The summed E-state index contributed by atoms with van der Waals surface area (Å²) in [5, 5.41) is 11.6. The lowest BCUT2D eigenvalue weighted by atomic mass is 10.0. The molecule has 0 bridgehead atoms. The van der Waals surface area contributed by atoms with Gasteiger partial charge >= 0.3 is 5.97 Å². The molecule has 2 amide bonds. The van der Waals surface area contributed by atoms with E-state index >= 15 is 0 Å². The molecular formula is C30H32ClN3O10S2. The molecule has 46 heavy (non-hydrogen) atoms. The predicted molar refractivity (Wildman–Crippen MR) is 167 cm³/mol. The first-order valence-electron chi connectivity index (χ1n) is 14.0. The van der Waals surface area contributed by atoms with Crippen molar-refractivity contribution >= 4 is 49.4 Å². The van der Waals surface area contributed by atoms with Gasteiger partial charge < -0.3 is 19.9 Å². The highest BCUT2D eigenvalue weighted by atomic mass is 35.5. The fourth-order valence-electron chi connectivity index (χ4n) is 4.75. The molecule has 0 saturated carbocycles. The summed E-state index contributed by atoms with van der Waals surface area (Å²) < 4.78 is 65.6. The largest absolute Gasteiger partial charge is 0.507 e. The Morgan fingerprint density at radius 1 is 1.09 bits per heavy atom. The van der Waals surface area contributed by atoms with Crippen molar-refractivity contribution in [1.29, 1.82) is 0 Å². The van der Waals surface area contributed by atoms with Crippen molar-refractivity contribution in [2.75, 3.05) is 20.3 Å². The number of methoxy groups -OCH3 is 1. The highest BCUT2D eigenvalue weighted by molar-refractivity contribution is 7.90. The zero-order valence-electron chi connectivity index (χ0n) is 24.6. The number of hydrogen-bond donors (Lipinski definition) is 4. The topological polar surface area (TPSA) is 194 Å². The normalized spacial score (nSPS) is 16.3. The first kappa shape index (κ1) is 34.7. The van der Waals surface area contributed by atoms with Crippen molar-refractivity contribution in [3.63, 3.8) is 0 Å². The molecule has 3 aromatic carbocycles. The Hall–Kier alpha value is -4.18. The molecule has 1 saturated heterocycles. The van der Waals surface area contributed by atoms with Crippen LogP contribution in [0.25, 0.3) is 0 Å². The van der Waals surface area contributed by atoms with Crippen LogP contribution in [-0.2, 0) is 40.8 Å². The molecule has 2 atom stereocenters. The monoisotopic (exact) mass is 693 g/mol. The number of halogens is 1. The van der Waals surface area contributed by atoms with Gasteiger partial charge in [0.15, 0.2) is 0 Å². The Morgan fingerprint density at radius 2 is 1.83 bits per heavy atom. The summed E-state index contributed by atoms with van der Waals surface area (Å²) in [5.74, 6) is -2.16. The Kier molecular flexibility index (Phi) is 11.3. The van der Waals surface area contributed by atoms with Crippen molar-refractivity contribution in [3.8, 4) is 11.5 Å². The van der Waals surface area contributed by atoms with E-state index in [2.05, 4.69) is 14.8 Å². The molecule has 0 aromatic heterocycles. The lowest BCUT2D eigenvalue weighted by molar-refractivity contribution is -0.122. The zero-order chi connectivity index (χ0) is 33.5. The Labute approximate surface area is 271 Å². The number of amides is 2. The van der Waals surface area contributed by atoms with Gasteiger partial charge in [-0.2, -0.15) is 4.72 Å². The average molecular weight is 694 g/mol. The number of aromatic hydroxyl groups is 1. The molecular weight excluding hydrogens is 662 g/mol. The van der Waals surface area contributed by atoms with Gasteiger partial charge in [0.05, 0.1) is 25.0 Å². The smallest absolute Gasteiger partial charge is 0.345 e. The summed E-state index contributed by atoms with van der Waals surface area (Å²) >= 11 is 6.40. The van der Waals surface area contributed by atoms with Crippen LogP contribution in [0.2, 0.25) is 5.02 Å². The third-order valence-corrected chi connectivity index (χ3v) is 10.5. The van der Waals surface area contributed by atoms with Crippen LogP contribution in [0.3, 0.4) is 0 Å². The van der Waals surface area contributed by atoms with Gasteiger partial charge in [0, 0.05) is 11.6 Å². The highest BCUT2D eigenvalue weighted by Crippen LogP contribution is 2.35. The molecule has 0 spiro atoms. The van der Waals surface area contributed by atoms with Gasteiger partial charge in [0.1, 0.15) is 28.4 Å². The van der Waals surface area contributed by atoms with E-state index in [4.69, 9.17) is 16.3 Å². The third kappa shape index (κ3) is 8.54. The average Bonchev–Trinajstić information content (AvgIpc) is 3.29. The number of phenols is 1. The van der Waals surface area contributed by atoms with Crippen LogP contribution in [0.1, 0.15) is 46.0 Å². The first-order chi connectivity index (χ1) is 21.8. The number of hydrogen-bond acceptors (Lipinski definition) is 10. The first-order valence-corrected chi connectivity index (χ1v) is 17.4. The van der Waals surface area contributed by atoms with E-state index in [1.165, 1.54) is 55.6 Å². The van der Waals surface area contributed by atoms with Gasteiger partial charge in [-0.3, -0.25) is 14.3 Å². The number of unbranched alkanes of at least 4 members (excludes halogenated alkanes) is 1. The van der Waals surface area contributed by atoms with Gasteiger partial charge in [0.25, 0.3) is 0 Å². The minimum atomic E-state index is -4.11. The number of nitrogens with one attached hydrogen (secondary N) is 3. The molecule has 4 N–H and O–H groups in total. The summed E-state index contributed by atoms with van der Waals surface area (Å²) in [7, 11) is -6.87. The second kappa shape index (κ2) is 14.9. The fourth-order valence-corrected chi connectivity index (χ4v) is 7.82. The van der Waals surface area contributed by atoms with Crippen LogP contribution >= 0.6 is 11.6 Å². The van der Waals surface area contributed by atoms with Crippen molar-refractivity contribution < 1.29 is 45.8 Å². The molecule has 1 fully saturated rings. The number of rotatable bonds is 14. The van der Waals surface area contributed by atoms with Crippen molar-refractivity contribution in [3.05, 3.63) is 88.4 Å². The molecule has 0 radical (unpaired) electrons. The summed E-state index contributed by atoms with van der Waals surface area (Å²) in [5.41, 5.74) is 0.552. The lowest BCUT2D eigenvalue weighted by Gasteiger charge is -2.20. The number of sulfonamides is 2. The Balaban J connectivity index is 1.42. The maximum Gasteiger partial charge on any atom is 0.345 e. The van der Waals surface area contributed by atoms with Crippen LogP contribution in [-0.4, -0.2) is 66.0 Å². The highest BCUT2D eigenvalue weighted by Gasteiger charge is 2.39. The number of carbonyl (C=O) groups is 3. The third-order valence-electron chi connectivity index (χ3n) is 7.04. The maximum atomic E-state index is 13.3. The van der Waals surface area contributed by atoms with Crippen LogP contribution in [0, 0.1) is 0 Å². The maximum absolute atomic E-state index is 13.3. The summed E-state index contributed by atoms with van der Waals surface area (Å²) in [6.45, 7) is 0.311. The SMILES string of the molecule is COC(=O)c1c(O)cccc1OCCCCNC(=O)C(Cc1ccc(C2CC(=O)NS2(=O)=O)c(Cl)c1)NS(=O)(=O)c1ccccc1.